The molecule has 0 bridgehead atoms. The van der Waals surface area contributed by atoms with E-state index in [1.165, 1.54) is 13.4 Å². The molecule has 6 nitrogen and oxygen atoms in total. The van der Waals surface area contributed by atoms with Gasteiger partial charge in [-0.25, -0.2) is 0 Å². The summed E-state index contributed by atoms with van der Waals surface area (Å²) in [6.45, 7) is 5.54. The van der Waals surface area contributed by atoms with Gasteiger partial charge in [-0.3, -0.25) is 9.59 Å². The maximum Gasteiger partial charge on any atom is 0.329 e. The first-order valence-corrected chi connectivity index (χ1v) is 9.90. The number of nitriles is 1. The first kappa shape index (κ1) is 20.0. The second-order valence-corrected chi connectivity index (χ2v) is 8.79. The van der Waals surface area contributed by atoms with E-state index in [0.717, 1.165) is 11.3 Å². The highest BCUT2D eigenvalue weighted by atomic mass is 16.5. The summed E-state index contributed by atoms with van der Waals surface area (Å²) in [6, 6.07) is 11.9. The molecule has 2 aliphatic heterocycles. The average Bonchev–Trinajstić information content (AvgIpc) is 3.36. The van der Waals surface area contributed by atoms with E-state index in [1.807, 2.05) is 62.1 Å². The molecule has 0 N–H and O–H groups in total. The minimum absolute atomic E-state index is 0.0694. The predicted octanol–water partition coefficient (Wildman–Crippen LogP) is 3.95. The molecular formula is C24H24N2O4. The Morgan fingerprint density at radius 1 is 1.20 bits per heavy atom. The van der Waals surface area contributed by atoms with Gasteiger partial charge in [-0.05, 0) is 23.8 Å². The number of esters is 1. The van der Waals surface area contributed by atoms with Crippen LogP contribution in [0.5, 0.6) is 0 Å². The molecule has 1 fully saturated rings. The topological polar surface area (TPSA) is 83.5 Å². The van der Waals surface area contributed by atoms with Gasteiger partial charge in [-0.1, -0.05) is 51.1 Å². The fourth-order valence-electron chi connectivity index (χ4n) is 4.76. The summed E-state index contributed by atoms with van der Waals surface area (Å²) in [5.41, 5.74) is -0.595. The fourth-order valence-corrected chi connectivity index (χ4v) is 4.76. The summed E-state index contributed by atoms with van der Waals surface area (Å²) in [6.07, 6.45) is 5.22. The van der Waals surface area contributed by atoms with Gasteiger partial charge in [0.2, 0.25) is 0 Å². The van der Waals surface area contributed by atoms with Gasteiger partial charge in [0.15, 0.2) is 11.2 Å². The van der Waals surface area contributed by atoms with E-state index >= 15 is 0 Å². The van der Waals surface area contributed by atoms with Crippen LogP contribution in [0.15, 0.2) is 53.2 Å². The standard InChI is InChI=1S/C24H24N2O4/c1-23(2,3)21(27)20-19(17-10-7-13-30-17)24(14-25,22(28)29-4)18-12-11-15-8-5-6-9-16(15)26(18)20/h5-13,18-20H,1-4H3/t18-,19+,20-,24-/m0/s1. The Kier molecular flexibility index (Phi) is 4.58. The van der Waals surface area contributed by atoms with Crippen molar-refractivity contribution >= 4 is 23.5 Å². The van der Waals surface area contributed by atoms with Crippen molar-refractivity contribution in [2.24, 2.45) is 10.8 Å². The van der Waals surface area contributed by atoms with Crippen LogP contribution in [-0.2, 0) is 14.3 Å². The van der Waals surface area contributed by atoms with Crippen molar-refractivity contribution in [1.29, 1.82) is 5.26 Å². The molecule has 2 aromatic rings. The molecule has 1 aromatic carbocycles. The van der Waals surface area contributed by atoms with Crippen LogP contribution in [0, 0.1) is 22.2 Å². The van der Waals surface area contributed by atoms with Crippen molar-refractivity contribution in [3.8, 4) is 6.07 Å². The zero-order valence-corrected chi connectivity index (χ0v) is 17.5. The number of hydrogen-bond donors (Lipinski definition) is 0. The molecule has 0 amide bonds. The van der Waals surface area contributed by atoms with Gasteiger partial charge < -0.3 is 14.1 Å². The van der Waals surface area contributed by atoms with Gasteiger partial charge >= 0.3 is 5.97 Å². The molecule has 6 heteroatoms. The molecule has 4 rings (SSSR count). The van der Waals surface area contributed by atoms with Crippen molar-refractivity contribution in [1.82, 2.24) is 0 Å². The number of methoxy groups -OCH3 is 1. The summed E-state index contributed by atoms with van der Waals surface area (Å²) in [5.74, 6) is -1.14. The number of rotatable bonds is 3. The lowest BCUT2D eigenvalue weighted by atomic mass is 9.68. The summed E-state index contributed by atoms with van der Waals surface area (Å²) < 4.78 is 10.8. The lowest BCUT2D eigenvalue weighted by Gasteiger charge is -2.37. The van der Waals surface area contributed by atoms with Crippen LogP contribution in [0.1, 0.15) is 38.0 Å². The average molecular weight is 404 g/mol. The summed E-state index contributed by atoms with van der Waals surface area (Å²) in [5, 5.41) is 10.4. The number of nitrogens with zero attached hydrogens (tertiary/aromatic N) is 2. The van der Waals surface area contributed by atoms with Gasteiger partial charge in [-0.15, -0.1) is 0 Å². The van der Waals surface area contributed by atoms with Gasteiger partial charge in [0.1, 0.15) is 11.8 Å². The summed E-state index contributed by atoms with van der Waals surface area (Å²) >= 11 is 0. The number of ether oxygens (including phenoxy) is 1. The molecule has 1 aromatic heterocycles. The fraction of sp³-hybridized carbons (Fsp3) is 0.375. The monoisotopic (exact) mass is 404 g/mol. The number of ketones is 1. The Morgan fingerprint density at radius 3 is 2.53 bits per heavy atom. The molecule has 30 heavy (non-hydrogen) atoms. The highest BCUT2D eigenvalue weighted by molar-refractivity contribution is 5.99. The van der Waals surface area contributed by atoms with Crippen LogP contribution in [0.25, 0.3) is 6.08 Å². The molecule has 0 radical (unpaired) electrons. The van der Waals surface area contributed by atoms with E-state index < -0.39 is 34.8 Å². The van der Waals surface area contributed by atoms with Crippen molar-refractivity contribution in [3.63, 3.8) is 0 Å². The van der Waals surface area contributed by atoms with Gasteiger partial charge in [0, 0.05) is 11.1 Å². The number of Topliss-reactive ketones (excluding diaryl/α,β-unsaturated/α-hetero) is 1. The Hall–Kier alpha value is -3.33. The van der Waals surface area contributed by atoms with Gasteiger partial charge in [0.25, 0.3) is 0 Å². The third kappa shape index (κ3) is 2.62. The van der Waals surface area contributed by atoms with E-state index in [0.29, 0.717) is 5.76 Å². The van der Waals surface area contributed by atoms with E-state index in [-0.39, 0.29) is 5.78 Å². The largest absolute Gasteiger partial charge is 0.469 e. The Balaban J connectivity index is 2.05. The van der Waals surface area contributed by atoms with Crippen molar-refractivity contribution in [2.75, 3.05) is 12.0 Å². The smallest absolute Gasteiger partial charge is 0.329 e. The predicted molar refractivity (Wildman–Crippen MR) is 112 cm³/mol. The highest BCUT2D eigenvalue weighted by Crippen LogP contribution is 2.56. The van der Waals surface area contributed by atoms with Crippen LogP contribution >= 0.6 is 0 Å². The number of fused-ring (bicyclic) bond motifs is 3. The van der Waals surface area contributed by atoms with Crippen LogP contribution < -0.4 is 4.90 Å². The summed E-state index contributed by atoms with van der Waals surface area (Å²) in [4.78, 5) is 28.9. The zero-order valence-electron chi connectivity index (χ0n) is 17.5. The number of carbonyl (C=O) groups excluding carboxylic acids is 2. The van der Waals surface area contributed by atoms with Crippen molar-refractivity contribution < 1.29 is 18.7 Å². The van der Waals surface area contributed by atoms with Crippen LogP contribution in [0.2, 0.25) is 0 Å². The molecule has 0 aliphatic carbocycles. The minimum atomic E-state index is -1.64. The zero-order chi connectivity index (χ0) is 21.7. The lowest BCUT2D eigenvalue weighted by Crippen LogP contribution is -2.48. The minimum Gasteiger partial charge on any atom is -0.469 e. The van der Waals surface area contributed by atoms with Gasteiger partial charge in [-0.2, -0.15) is 5.26 Å². The van der Waals surface area contributed by atoms with Crippen LogP contribution in [0.3, 0.4) is 0 Å². The molecular weight excluding hydrogens is 380 g/mol. The number of benzene rings is 1. The van der Waals surface area contributed by atoms with E-state index in [4.69, 9.17) is 9.15 Å². The Morgan fingerprint density at radius 2 is 1.93 bits per heavy atom. The molecule has 1 saturated heterocycles. The molecule has 0 spiro atoms. The molecule has 0 unspecified atom stereocenters. The molecule has 154 valence electrons. The second kappa shape index (κ2) is 6.88. The number of para-hydroxylation sites is 1. The number of furan rings is 1. The maximum atomic E-state index is 13.8. The normalized spacial score (nSPS) is 27.2. The van der Waals surface area contributed by atoms with Crippen molar-refractivity contribution in [2.45, 2.75) is 38.8 Å². The Bertz CT molecular complexity index is 1060. The quantitative estimate of drug-likeness (QED) is 0.721. The first-order valence-electron chi connectivity index (χ1n) is 9.90. The number of hydrogen-bond acceptors (Lipinski definition) is 6. The molecule has 4 atom stereocenters. The third-order valence-corrected chi connectivity index (χ3v) is 6.11. The van der Waals surface area contributed by atoms with E-state index in [1.54, 1.807) is 12.1 Å². The lowest BCUT2D eigenvalue weighted by molar-refractivity contribution is -0.150. The summed E-state index contributed by atoms with van der Waals surface area (Å²) in [7, 11) is 1.27. The SMILES string of the molecule is COC(=O)[C@]1(C#N)[C@H](c2ccco2)[C@@H](C(=O)C(C)(C)C)N2c3ccccc3C=C[C@H]21. The third-order valence-electron chi connectivity index (χ3n) is 6.11. The highest BCUT2D eigenvalue weighted by Gasteiger charge is 2.68. The maximum absolute atomic E-state index is 13.8. The molecule has 2 aliphatic rings. The van der Waals surface area contributed by atoms with Gasteiger partial charge in [0.05, 0.1) is 31.4 Å². The van der Waals surface area contributed by atoms with E-state index in [2.05, 4.69) is 6.07 Å². The van der Waals surface area contributed by atoms with Crippen LogP contribution in [-0.4, -0.2) is 30.9 Å². The number of anilines is 1. The number of carbonyl (C=O) groups is 2. The van der Waals surface area contributed by atoms with Crippen molar-refractivity contribution in [3.05, 3.63) is 60.1 Å². The Labute approximate surface area is 175 Å². The van der Waals surface area contributed by atoms with E-state index in [9.17, 15) is 14.9 Å². The second-order valence-electron chi connectivity index (χ2n) is 8.79. The molecule has 3 heterocycles. The van der Waals surface area contributed by atoms with Crippen LogP contribution in [0.4, 0.5) is 5.69 Å². The first-order chi connectivity index (χ1) is 14.3. The molecule has 0 saturated carbocycles.